The van der Waals surface area contributed by atoms with Crippen molar-refractivity contribution >= 4 is 11.8 Å². The van der Waals surface area contributed by atoms with Crippen molar-refractivity contribution in [2.24, 2.45) is 0 Å². The van der Waals surface area contributed by atoms with Crippen molar-refractivity contribution in [2.75, 3.05) is 60.2 Å². The Kier molecular flexibility index (Phi) is 5.91. The van der Waals surface area contributed by atoms with Gasteiger partial charge in [-0.15, -0.1) is 0 Å². The lowest BCUT2D eigenvalue weighted by Crippen LogP contribution is -2.54. The first-order valence-corrected chi connectivity index (χ1v) is 10.4. The van der Waals surface area contributed by atoms with Crippen molar-refractivity contribution in [1.29, 1.82) is 0 Å². The smallest absolute Gasteiger partial charge is 0.312 e. The second-order valence-corrected chi connectivity index (χ2v) is 8.21. The van der Waals surface area contributed by atoms with Crippen molar-refractivity contribution in [3.63, 3.8) is 0 Å². The summed E-state index contributed by atoms with van der Waals surface area (Å²) in [6, 6.07) is 6.16. The molecular weight excluding hydrogens is 372 g/mol. The molecule has 0 aliphatic carbocycles. The van der Waals surface area contributed by atoms with Crippen LogP contribution in [0.3, 0.4) is 0 Å². The predicted molar refractivity (Wildman–Crippen MR) is 108 cm³/mol. The van der Waals surface area contributed by atoms with E-state index in [1.165, 1.54) is 0 Å². The number of carbonyl (C=O) groups is 2. The lowest BCUT2D eigenvalue weighted by atomic mass is 10.0. The minimum Gasteiger partial charge on any atom is -0.454 e. The van der Waals surface area contributed by atoms with Gasteiger partial charge in [-0.3, -0.25) is 14.5 Å². The first kappa shape index (κ1) is 20.0. The molecule has 2 fully saturated rings. The van der Waals surface area contributed by atoms with E-state index in [0.29, 0.717) is 13.1 Å². The molecule has 3 heterocycles. The second-order valence-electron chi connectivity index (χ2n) is 8.21. The van der Waals surface area contributed by atoms with Crippen molar-refractivity contribution in [1.82, 2.24) is 19.6 Å². The van der Waals surface area contributed by atoms with E-state index in [9.17, 15) is 9.59 Å². The number of piperidine rings is 1. The van der Waals surface area contributed by atoms with Gasteiger partial charge in [0.05, 0.1) is 0 Å². The lowest BCUT2D eigenvalue weighted by Gasteiger charge is -2.37. The zero-order valence-corrected chi connectivity index (χ0v) is 17.3. The van der Waals surface area contributed by atoms with Crippen LogP contribution in [-0.4, -0.2) is 97.6 Å². The summed E-state index contributed by atoms with van der Waals surface area (Å²) in [7, 11) is 3.86. The molecule has 2 saturated heterocycles. The van der Waals surface area contributed by atoms with Gasteiger partial charge in [0.2, 0.25) is 6.79 Å². The van der Waals surface area contributed by atoms with E-state index < -0.39 is 0 Å². The quantitative estimate of drug-likeness (QED) is 0.691. The highest BCUT2D eigenvalue weighted by atomic mass is 16.7. The maximum atomic E-state index is 12.7. The van der Waals surface area contributed by atoms with Crippen LogP contribution in [0.15, 0.2) is 18.2 Å². The molecule has 0 saturated carbocycles. The van der Waals surface area contributed by atoms with Gasteiger partial charge in [-0.05, 0) is 50.7 Å². The van der Waals surface area contributed by atoms with Gasteiger partial charge < -0.3 is 24.2 Å². The number of carbonyl (C=O) groups excluding carboxylic acids is 2. The predicted octanol–water partition coefficient (Wildman–Crippen LogP) is 0.612. The molecular formula is C21H30N4O4. The normalized spacial score (nSPS) is 20.7. The van der Waals surface area contributed by atoms with E-state index in [1.807, 2.05) is 18.2 Å². The molecule has 1 aromatic rings. The number of amides is 2. The minimum atomic E-state index is -0.372. The Balaban J connectivity index is 1.26. The zero-order valence-electron chi connectivity index (χ0n) is 17.3. The summed E-state index contributed by atoms with van der Waals surface area (Å²) < 4.78 is 10.8. The average Bonchev–Trinajstić information content (AvgIpc) is 3.21. The third-order valence-electron chi connectivity index (χ3n) is 6.24. The maximum absolute atomic E-state index is 12.7. The minimum absolute atomic E-state index is 0.162. The summed E-state index contributed by atoms with van der Waals surface area (Å²) in [4.78, 5) is 33.3. The molecule has 1 aromatic carbocycles. The molecule has 0 radical (unpaired) electrons. The van der Waals surface area contributed by atoms with Crippen LogP contribution in [0.4, 0.5) is 0 Å². The molecule has 158 valence electrons. The second kappa shape index (κ2) is 8.59. The number of piperazine rings is 1. The number of benzene rings is 1. The van der Waals surface area contributed by atoms with Crippen LogP contribution in [0.5, 0.6) is 11.5 Å². The third-order valence-corrected chi connectivity index (χ3v) is 6.24. The van der Waals surface area contributed by atoms with Gasteiger partial charge in [0.1, 0.15) is 0 Å². The summed E-state index contributed by atoms with van der Waals surface area (Å²) in [6.45, 7) is 5.68. The molecule has 29 heavy (non-hydrogen) atoms. The maximum Gasteiger partial charge on any atom is 0.312 e. The van der Waals surface area contributed by atoms with Gasteiger partial charge >= 0.3 is 11.8 Å². The van der Waals surface area contributed by atoms with Crippen molar-refractivity contribution < 1.29 is 19.1 Å². The van der Waals surface area contributed by atoms with Crippen LogP contribution in [-0.2, 0) is 16.1 Å². The number of hydrogen-bond donors (Lipinski definition) is 0. The summed E-state index contributed by atoms with van der Waals surface area (Å²) in [5, 5.41) is 0. The van der Waals surface area contributed by atoms with Gasteiger partial charge in [-0.2, -0.15) is 0 Å². The molecule has 8 nitrogen and oxygen atoms in total. The largest absolute Gasteiger partial charge is 0.454 e. The SMILES string of the molecule is CN1CCC(N(C)C(=O)C(=O)N2CCN(Cc3ccc4c(c3)OCO4)CC2)CC1. The molecule has 0 aromatic heterocycles. The first-order valence-electron chi connectivity index (χ1n) is 10.4. The molecule has 3 aliphatic rings. The highest BCUT2D eigenvalue weighted by Gasteiger charge is 2.32. The Morgan fingerprint density at radius 3 is 2.45 bits per heavy atom. The summed E-state index contributed by atoms with van der Waals surface area (Å²) in [5.74, 6) is 0.841. The molecule has 0 atom stereocenters. The van der Waals surface area contributed by atoms with Gasteiger partial charge in [0.15, 0.2) is 11.5 Å². The fourth-order valence-corrected chi connectivity index (χ4v) is 4.24. The molecule has 3 aliphatic heterocycles. The van der Waals surface area contributed by atoms with Crippen molar-refractivity contribution in [3.8, 4) is 11.5 Å². The number of likely N-dealkylation sites (N-methyl/N-ethyl adjacent to an activating group) is 1. The Hall–Kier alpha value is -2.32. The summed E-state index contributed by atoms with van der Waals surface area (Å²) in [5.41, 5.74) is 1.16. The Labute approximate surface area is 171 Å². The average molecular weight is 402 g/mol. The fraction of sp³-hybridized carbons (Fsp3) is 0.619. The number of rotatable bonds is 3. The number of ether oxygens (including phenoxy) is 2. The number of fused-ring (bicyclic) bond motifs is 1. The van der Waals surface area contributed by atoms with E-state index in [4.69, 9.17) is 9.47 Å². The van der Waals surface area contributed by atoms with Crippen LogP contribution in [0.25, 0.3) is 0 Å². The Bertz CT molecular complexity index is 755. The van der Waals surface area contributed by atoms with Crippen LogP contribution in [0.2, 0.25) is 0 Å². The molecule has 8 heteroatoms. The zero-order chi connectivity index (χ0) is 20.4. The fourth-order valence-electron chi connectivity index (χ4n) is 4.24. The molecule has 0 unspecified atom stereocenters. The van der Waals surface area contributed by atoms with Crippen LogP contribution < -0.4 is 9.47 Å². The molecule has 0 spiro atoms. The van der Waals surface area contributed by atoms with Crippen LogP contribution in [0, 0.1) is 0 Å². The number of hydrogen-bond acceptors (Lipinski definition) is 6. The van der Waals surface area contributed by atoms with E-state index >= 15 is 0 Å². The number of likely N-dealkylation sites (tertiary alicyclic amines) is 1. The van der Waals surface area contributed by atoms with Crippen LogP contribution in [0.1, 0.15) is 18.4 Å². The van der Waals surface area contributed by atoms with Gasteiger partial charge in [-0.1, -0.05) is 6.07 Å². The van der Waals surface area contributed by atoms with Crippen molar-refractivity contribution in [3.05, 3.63) is 23.8 Å². The van der Waals surface area contributed by atoms with Gasteiger partial charge in [0.25, 0.3) is 0 Å². The van der Waals surface area contributed by atoms with E-state index in [0.717, 1.165) is 62.6 Å². The topological polar surface area (TPSA) is 65.6 Å². The van der Waals surface area contributed by atoms with Crippen molar-refractivity contribution in [2.45, 2.75) is 25.4 Å². The number of nitrogens with zero attached hydrogens (tertiary/aromatic N) is 4. The Morgan fingerprint density at radius 1 is 1.03 bits per heavy atom. The molecule has 2 amide bonds. The highest BCUT2D eigenvalue weighted by molar-refractivity contribution is 6.34. The highest BCUT2D eigenvalue weighted by Crippen LogP contribution is 2.32. The molecule has 4 rings (SSSR count). The summed E-state index contributed by atoms with van der Waals surface area (Å²) >= 11 is 0. The molecule has 0 bridgehead atoms. The van der Waals surface area contributed by atoms with E-state index in [2.05, 4.69) is 16.8 Å². The standard InChI is InChI=1S/C21H30N4O4/c1-22-7-5-17(6-8-22)23(2)20(26)21(27)25-11-9-24(10-12-25)14-16-3-4-18-19(13-16)29-15-28-18/h3-4,13,17H,5-12,14-15H2,1-2H3. The monoisotopic (exact) mass is 402 g/mol. The summed E-state index contributed by atoms with van der Waals surface area (Å²) in [6.07, 6.45) is 1.85. The van der Waals surface area contributed by atoms with Gasteiger partial charge in [-0.25, -0.2) is 0 Å². The Morgan fingerprint density at radius 2 is 1.72 bits per heavy atom. The third kappa shape index (κ3) is 4.48. The first-order chi connectivity index (χ1) is 14.0. The molecule has 0 N–H and O–H groups in total. The van der Waals surface area contributed by atoms with E-state index in [-0.39, 0.29) is 24.6 Å². The van der Waals surface area contributed by atoms with Gasteiger partial charge in [0, 0.05) is 45.8 Å². The van der Waals surface area contributed by atoms with E-state index in [1.54, 1.807) is 16.8 Å². The lowest BCUT2D eigenvalue weighted by molar-refractivity contribution is -0.153. The van der Waals surface area contributed by atoms with Crippen LogP contribution >= 0.6 is 0 Å².